The van der Waals surface area contributed by atoms with Crippen molar-refractivity contribution in [3.05, 3.63) is 0 Å². The van der Waals surface area contributed by atoms with Crippen molar-refractivity contribution in [2.75, 3.05) is 6.54 Å². The first-order chi connectivity index (χ1) is 16.3. The Morgan fingerprint density at radius 2 is 1.44 bits per heavy atom. The molecule has 0 aliphatic carbocycles. The number of aliphatic hydroxyl groups is 2. The van der Waals surface area contributed by atoms with E-state index < -0.39 is 6.10 Å². The molecule has 12 N–H and O–H groups in total. The van der Waals surface area contributed by atoms with Crippen LogP contribution < -0.4 is 28.3 Å². The largest absolute Gasteiger partial charge is 0.393 e. The van der Waals surface area contributed by atoms with E-state index in [1.54, 1.807) is 0 Å². The summed E-state index contributed by atoms with van der Waals surface area (Å²) in [4.78, 5) is 8.38. The molecular weight excluding hydrogens is 432 g/mol. The molecule has 1 aliphatic rings. The van der Waals surface area contributed by atoms with E-state index in [4.69, 9.17) is 28.3 Å². The van der Waals surface area contributed by atoms with Gasteiger partial charge >= 0.3 is 0 Å². The van der Waals surface area contributed by atoms with Gasteiger partial charge in [-0.3, -0.25) is 10.4 Å². The highest BCUT2D eigenvalue weighted by Gasteiger charge is 2.29. The molecule has 10 heteroatoms. The lowest BCUT2D eigenvalue weighted by atomic mass is 9.96. The standard InChI is InChI=1S/C24H50N8O2/c25-22(26)17-19(34)16-21-20(31-24(29)32-21)14-10-6-3-5-9-13-18(33)12-8-4-1-2-7-11-15-30-23(27)28/h18-21,33-34H,1-17H2,(H3,25,26)(H4,27,28,30)(H3,29,31,32). The van der Waals surface area contributed by atoms with E-state index >= 15 is 0 Å². The van der Waals surface area contributed by atoms with Gasteiger partial charge in [0.2, 0.25) is 0 Å². The normalized spacial score (nSPS) is 19.3. The van der Waals surface area contributed by atoms with E-state index in [0.717, 1.165) is 70.6 Å². The van der Waals surface area contributed by atoms with Crippen molar-refractivity contribution in [3.8, 4) is 0 Å². The predicted molar refractivity (Wildman–Crippen MR) is 141 cm³/mol. The Labute approximate surface area is 205 Å². The van der Waals surface area contributed by atoms with Crippen LogP contribution in [0.4, 0.5) is 0 Å². The summed E-state index contributed by atoms with van der Waals surface area (Å²) < 4.78 is 0. The molecule has 1 aliphatic heterocycles. The Hall–Kier alpha value is -2.07. The molecule has 0 aromatic rings. The van der Waals surface area contributed by atoms with E-state index in [1.807, 2.05) is 0 Å². The number of aliphatic hydroxyl groups excluding tert-OH is 2. The first kappa shape index (κ1) is 30.0. The fourth-order valence-corrected chi connectivity index (χ4v) is 4.52. The van der Waals surface area contributed by atoms with Crippen molar-refractivity contribution in [2.24, 2.45) is 32.9 Å². The summed E-state index contributed by atoms with van der Waals surface area (Å²) in [5, 5.41) is 30.7. The topological polar surface area (TPSA) is 205 Å². The van der Waals surface area contributed by atoms with Gasteiger partial charge in [0.15, 0.2) is 11.9 Å². The molecule has 1 heterocycles. The zero-order valence-corrected chi connectivity index (χ0v) is 20.9. The number of nitrogens with zero attached hydrogens (tertiary/aromatic N) is 2. The molecule has 0 bridgehead atoms. The quantitative estimate of drug-likeness (QED) is 0.0691. The molecule has 0 amide bonds. The molecule has 34 heavy (non-hydrogen) atoms. The van der Waals surface area contributed by atoms with Gasteiger partial charge in [0.05, 0.1) is 30.1 Å². The lowest BCUT2D eigenvalue weighted by molar-refractivity contribution is 0.147. The maximum atomic E-state index is 10.2. The number of hydrogen-bond donors (Lipinski definition) is 8. The Morgan fingerprint density at radius 1 is 0.882 bits per heavy atom. The van der Waals surface area contributed by atoms with E-state index in [-0.39, 0.29) is 36.4 Å². The van der Waals surface area contributed by atoms with Gasteiger partial charge in [0.1, 0.15) is 0 Å². The van der Waals surface area contributed by atoms with Crippen LogP contribution >= 0.6 is 0 Å². The molecule has 0 spiro atoms. The third kappa shape index (κ3) is 15.7. The molecule has 10 nitrogen and oxygen atoms in total. The number of guanidine groups is 2. The highest BCUT2D eigenvalue weighted by molar-refractivity contribution is 5.80. The lowest BCUT2D eigenvalue weighted by Gasteiger charge is -2.20. The van der Waals surface area contributed by atoms with Crippen LogP contribution in [0.25, 0.3) is 0 Å². The van der Waals surface area contributed by atoms with Gasteiger partial charge in [0.25, 0.3) is 0 Å². The predicted octanol–water partition coefficient (Wildman–Crippen LogP) is 1.81. The van der Waals surface area contributed by atoms with E-state index in [9.17, 15) is 10.2 Å². The second kappa shape index (κ2) is 18.3. The average molecular weight is 483 g/mol. The molecule has 198 valence electrons. The van der Waals surface area contributed by atoms with Crippen LogP contribution in [0.1, 0.15) is 103 Å². The monoisotopic (exact) mass is 482 g/mol. The van der Waals surface area contributed by atoms with Gasteiger partial charge in [-0.25, -0.2) is 4.99 Å². The summed E-state index contributed by atoms with van der Waals surface area (Å²) in [6.45, 7) is 0.717. The van der Waals surface area contributed by atoms with Gasteiger partial charge in [-0.2, -0.15) is 0 Å². The molecule has 0 radical (unpaired) electrons. The van der Waals surface area contributed by atoms with Crippen molar-refractivity contribution in [3.63, 3.8) is 0 Å². The Kier molecular flexibility index (Phi) is 16.1. The Bertz CT molecular complexity index is 610. The van der Waals surface area contributed by atoms with Crippen LogP contribution in [-0.2, 0) is 0 Å². The van der Waals surface area contributed by atoms with Crippen LogP contribution in [-0.4, -0.2) is 58.8 Å². The fourth-order valence-electron chi connectivity index (χ4n) is 4.52. The number of nitrogens with one attached hydrogen (secondary N) is 2. The fraction of sp³-hybridized carbons (Fsp3) is 0.875. The number of aliphatic imine (C=N–C) groups is 2. The van der Waals surface area contributed by atoms with Crippen LogP contribution in [0, 0.1) is 5.41 Å². The van der Waals surface area contributed by atoms with E-state index in [0.29, 0.717) is 18.9 Å². The number of amidine groups is 1. The summed E-state index contributed by atoms with van der Waals surface area (Å²) >= 11 is 0. The first-order valence-corrected chi connectivity index (χ1v) is 13.1. The molecule has 0 saturated carbocycles. The number of rotatable bonds is 21. The van der Waals surface area contributed by atoms with E-state index in [1.165, 1.54) is 19.3 Å². The highest BCUT2D eigenvalue weighted by Crippen LogP contribution is 2.20. The maximum absolute atomic E-state index is 10.2. The summed E-state index contributed by atoms with van der Waals surface area (Å²) in [5.74, 6) is 0.593. The summed E-state index contributed by atoms with van der Waals surface area (Å²) in [6.07, 6.45) is 15.0. The molecule has 4 unspecified atom stereocenters. The van der Waals surface area contributed by atoms with Gasteiger partial charge < -0.3 is 38.5 Å². The average Bonchev–Trinajstić information content (AvgIpc) is 3.09. The molecule has 0 aromatic carbocycles. The number of hydrogen-bond acceptors (Lipinski definition) is 7. The van der Waals surface area contributed by atoms with Crippen LogP contribution in [0.2, 0.25) is 0 Å². The van der Waals surface area contributed by atoms with Crippen LogP contribution in [0.3, 0.4) is 0 Å². The maximum Gasteiger partial charge on any atom is 0.189 e. The van der Waals surface area contributed by atoms with Gasteiger partial charge in [-0.05, 0) is 32.1 Å². The van der Waals surface area contributed by atoms with Gasteiger partial charge in [-0.1, -0.05) is 64.2 Å². The van der Waals surface area contributed by atoms with Crippen molar-refractivity contribution in [1.82, 2.24) is 5.32 Å². The van der Waals surface area contributed by atoms with Crippen molar-refractivity contribution in [2.45, 2.75) is 127 Å². The van der Waals surface area contributed by atoms with E-state index in [2.05, 4.69) is 15.3 Å². The van der Waals surface area contributed by atoms with Crippen molar-refractivity contribution >= 4 is 17.8 Å². The van der Waals surface area contributed by atoms with Crippen LogP contribution in [0.15, 0.2) is 9.98 Å². The number of unbranched alkanes of at least 4 members (excludes halogenated alkanes) is 9. The molecule has 0 saturated heterocycles. The minimum absolute atomic E-state index is 0.00983. The molecule has 4 atom stereocenters. The smallest absolute Gasteiger partial charge is 0.189 e. The minimum atomic E-state index is -0.658. The Balaban J connectivity index is 1.97. The zero-order chi connectivity index (χ0) is 25.2. The third-order valence-electron chi connectivity index (χ3n) is 6.36. The summed E-state index contributed by atoms with van der Waals surface area (Å²) in [7, 11) is 0. The second-order valence-electron chi connectivity index (χ2n) is 9.67. The summed E-state index contributed by atoms with van der Waals surface area (Å²) in [5.41, 5.74) is 21.8. The second-order valence-corrected chi connectivity index (χ2v) is 9.67. The molecule has 1 rings (SSSR count). The zero-order valence-electron chi connectivity index (χ0n) is 20.9. The SMILES string of the molecule is N=C(N)CC(O)CC1N=C(N)NC1CCCCCCCC(O)CCCCCCCCN=C(N)N. The molecule has 0 fully saturated rings. The number of nitrogens with two attached hydrogens (primary N) is 4. The highest BCUT2D eigenvalue weighted by atomic mass is 16.3. The van der Waals surface area contributed by atoms with Gasteiger partial charge in [0, 0.05) is 13.0 Å². The minimum Gasteiger partial charge on any atom is -0.393 e. The molecular formula is C24H50N8O2. The van der Waals surface area contributed by atoms with Crippen LogP contribution in [0.5, 0.6) is 0 Å². The first-order valence-electron chi connectivity index (χ1n) is 13.1. The van der Waals surface area contributed by atoms with Crippen molar-refractivity contribution in [1.29, 1.82) is 5.41 Å². The van der Waals surface area contributed by atoms with Crippen molar-refractivity contribution < 1.29 is 10.2 Å². The lowest BCUT2D eigenvalue weighted by Crippen LogP contribution is -2.39. The third-order valence-corrected chi connectivity index (χ3v) is 6.36. The Morgan fingerprint density at radius 3 is 2.03 bits per heavy atom. The molecule has 0 aromatic heterocycles. The van der Waals surface area contributed by atoms with Gasteiger partial charge in [-0.15, -0.1) is 0 Å². The summed E-state index contributed by atoms with van der Waals surface area (Å²) in [6, 6.07) is 0.0795.